The van der Waals surface area contributed by atoms with E-state index in [4.69, 9.17) is 18.8 Å². The van der Waals surface area contributed by atoms with Crippen molar-refractivity contribution in [2.75, 3.05) is 0 Å². The first-order valence-corrected chi connectivity index (χ1v) is 16.1. The molecule has 6 heteroatoms. The number of fused-ring (bicyclic) bond motifs is 7. The van der Waals surface area contributed by atoms with Gasteiger partial charge in [-0.05, 0) is 58.3 Å². The third kappa shape index (κ3) is 4.24. The Kier molecular flexibility index (Phi) is 5.98. The number of nitrogens with one attached hydrogen (secondary N) is 2. The minimum atomic E-state index is -0.358. The van der Waals surface area contributed by atoms with Gasteiger partial charge in [0.05, 0.1) is 11.1 Å². The van der Waals surface area contributed by atoms with Crippen molar-refractivity contribution in [1.29, 1.82) is 0 Å². The number of para-hydroxylation sites is 2. The number of nitrogens with zero attached hydrogens (tertiary/aromatic N) is 2. The largest absolute Gasteiger partial charge is 0.456 e. The van der Waals surface area contributed by atoms with Crippen molar-refractivity contribution in [2.24, 2.45) is 4.99 Å². The third-order valence-electron chi connectivity index (χ3n) is 9.40. The zero-order chi connectivity index (χ0) is 31.6. The Morgan fingerprint density at radius 1 is 0.521 bits per heavy atom. The quantitative estimate of drug-likeness (QED) is 0.205. The van der Waals surface area contributed by atoms with Gasteiger partial charge >= 0.3 is 0 Å². The Bertz CT molecular complexity index is 2710. The highest BCUT2D eigenvalue weighted by molar-refractivity contribution is 6.18. The highest BCUT2D eigenvalue weighted by atomic mass is 16.3. The summed E-state index contributed by atoms with van der Waals surface area (Å²) in [6.45, 7) is 0. The second kappa shape index (κ2) is 10.7. The van der Waals surface area contributed by atoms with E-state index in [0.29, 0.717) is 0 Å². The molecule has 0 bridgehead atoms. The number of hydrogen-bond acceptors (Lipinski definition) is 6. The summed E-state index contributed by atoms with van der Waals surface area (Å²) in [7, 11) is 0. The van der Waals surface area contributed by atoms with Gasteiger partial charge in [-0.3, -0.25) is 10.3 Å². The summed E-state index contributed by atoms with van der Waals surface area (Å²) < 4.78 is 12.5. The predicted molar refractivity (Wildman–Crippen MR) is 193 cm³/mol. The molecule has 9 aromatic rings. The molecular formula is C42H28N4O2. The van der Waals surface area contributed by atoms with Crippen LogP contribution < -0.4 is 10.6 Å². The molecule has 4 heterocycles. The van der Waals surface area contributed by atoms with Crippen molar-refractivity contribution in [2.45, 2.75) is 12.3 Å². The lowest BCUT2D eigenvalue weighted by Crippen LogP contribution is -2.45. The molecule has 2 atom stereocenters. The van der Waals surface area contributed by atoms with Crippen molar-refractivity contribution in [1.82, 2.24) is 15.6 Å². The maximum absolute atomic E-state index is 6.27. The zero-order valence-electron chi connectivity index (χ0n) is 25.7. The topological polar surface area (TPSA) is 75.6 Å². The molecule has 0 spiro atoms. The van der Waals surface area contributed by atoms with Crippen LogP contribution in [0.1, 0.15) is 29.0 Å². The third-order valence-corrected chi connectivity index (χ3v) is 9.40. The summed E-state index contributed by atoms with van der Waals surface area (Å²) in [5.41, 5.74) is 8.46. The van der Waals surface area contributed by atoms with E-state index in [-0.39, 0.29) is 12.3 Å². The van der Waals surface area contributed by atoms with Crippen molar-refractivity contribution in [3.05, 3.63) is 162 Å². The Morgan fingerprint density at radius 2 is 1.19 bits per heavy atom. The molecule has 0 aliphatic carbocycles. The van der Waals surface area contributed by atoms with Crippen LogP contribution in [0.5, 0.6) is 0 Å². The highest BCUT2D eigenvalue weighted by Crippen LogP contribution is 2.40. The summed E-state index contributed by atoms with van der Waals surface area (Å²) in [5.74, 6) is 0.806. The van der Waals surface area contributed by atoms with E-state index in [2.05, 4.69) is 95.6 Å². The molecule has 6 nitrogen and oxygen atoms in total. The Hall–Kier alpha value is -6.24. The molecule has 2 N–H and O–H groups in total. The first-order chi connectivity index (χ1) is 23.8. The van der Waals surface area contributed by atoms with Crippen LogP contribution >= 0.6 is 0 Å². The lowest BCUT2D eigenvalue weighted by Gasteiger charge is -2.32. The van der Waals surface area contributed by atoms with Gasteiger partial charge in [-0.15, -0.1) is 0 Å². The summed E-state index contributed by atoms with van der Waals surface area (Å²) in [6, 6.07) is 47.9. The fraction of sp³-hybridized carbons (Fsp3) is 0.0476. The van der Waals surface area contributed by atoms with E-state index >= 15 is 0 Å². The molecule has 1 aliphatic rings. The molecule has 10 rings (SSSR count). The average molecular weight is 621 g/mol. The van der Waals surface area contributed by atoms with Gasteiger partial charge in [0.1, 0.15) is 40.5 Å². The number of pyridine rings is 1. The highest BCUT2D eigenvalue weighted by Gasteiger charge is 2.28. The molecule has 48 heavy (non-hydrogen) atoms. The predicted octanol–water partition coefficient (Wildman–Crippen LogP) is 10.0. The number of aromatic nitrogens is 1. The van der Waals surface area contributed by atoms with E-state index in [1.165, 1.54) is 0 Å². The number of amidine groups is 1. The molecule has 3 aromatic heterocycles. The molecule has 0 saturated heterocycles. The van der Waals surface area contributed by atoms with E-state index in [1.54, 1.807) is 0 Å². The lowest BCUT2D eigenvalue weighted by atomic mass is 9.94. The average Bonchev–Trinajstić information content (AvgIpc) is 3.73. The smallest absolute Gasteiger partial charge is 0.139 e. The van der Waals surface area contributed by atoms with Crippen LogP contribution in [0.3, 0.4) is 0 Å². The number of rotatable bonds is 4. The van der Waals surface area contributed by atoms with Crippen molar-refractivity contribution in [3.63, 3.8) is 0 Å². The van der Waals surface area contributed by atoms with Gasteiger partial charge in [0, 0.05) is 33.5 Å². The van der Waals surface area contributed by atoms with Crippen LogP contribution in [-0.4, -0.2) is 10.8 Å². The van der Waals surface area contributed by atoms with E-state index in [0.717, 1.165) is 88.4 Å². The second-order valence-corrected chi connectivity index (χ2v) is 12.2. The minimum absolute atomic E-state index is 0.189. The summed E-state index contributed by atoms with van der Waals surface area (Å²) >= 11 is 0. The first kappa shape index (κ1) is 26.9. The number of hydrogen-bond donors (Lipinski definition) is 2. The van der Waals surface area contributed by atoms with Crippen LogP contribution in [0.2, 0.25) is 0 Å². The summed E-state index contributed by atoms with van der Waals surface area (Å²) in [6.07, 6.45) is 1.29. The van der Waals surface area contributed by atoms with Crippen LogP contribution in [0.25, 0.3) is 65.9 Å². The molecule has 0 radical (unpaired) electrons. The zero-order valence-corrected chi connectivity index (χ0v) is 25.7. The first-order valence-electron chi connectivity index (χ1n) is 16.1. The molecule has 0 fully saturated rings. The fourth-order valence-electron chi connectivity index (χ4n) is 7.22. The Morgan fingerprint density at radius 3 is 2.00 bits per heavy atom. The Labute approximate surface area is 275 Å². The maximum Gasteiger partial charge on any atom is 0.139 e. The second-order valence-electron chi connectivity index (χ2n) is 12.2. The van der Waals surface area contributed by atoms with Gasteiger partial charge in [0.15, 0.2) is 0 Å². The molecule has 228 valence electrons. The molecule has 0 amide bonds. The van der Waals surface area contributed by atoms with Gasteiger partial charge in [-0.2, -0.15) is 0 Å². The normalized spacial score (nSPS) is 16.5. The van der Waals surface area contributed by atoms with E-state index < -0.39 is 0 Å². The molecular weight excluding hydrogens is 592 g/mol. The van der Waals surface area contributed by atoms with Gasteiger partial charge in [-0.1, -0.05) is 103 Å². The molecule has 2 unspecified atom stereocenters. The van der Waals surface area contributed by atoms with E-state index in [9.17, 15) is 0 Å². The van der Waals surface area contributed by atoms with Crippen molar-refractivity contribution >= 4 is 60.5 Å². The summed E-state index contributed by atoms with van der Waals surface area (Å²) in [5, 5.41) is 14.0. The summed E-state index contributed by atoms with van der Waals surface area (Å²) in [4.78, 5) is 10.4. The molecule has 1 aliphatic heterocycles. The van der Waals surface area contributed by atoms with Gasteiger partial charge in [-0.25, -0.2) is 4.99 Å². The minimum Gasteiger partial charge on any atom is -0.456 e. The van der Waals surface area contributed by atoms with Crippen molar-refractivity contribution < 1.29 is 8.83 Å². The van der Waals surface area contributed by atoms with Crippen LogP contribution in [0.4, 0.5) is 0 Å². The molecule has 6 aromatic carbocycles. The van der Waals surface area contributed by atoms with Crippen LogP contribution in [0.15, 0.2) is 160 Å². The van der Waals surface area contributed by atoms with Crippen LogP contribution in [-0.2, 0) is 0 Å². The standard InChI is InChI=1S/C42H28N4O2/c1-2-11-25(12-3-1)40-44-41(46-42(45-40)31-17-10-20-35-37(31)29-15-6-8-18-33(29)47-35)27-23-26-13-4-5-14-28(26)32(24-27)39-38-30-16-7-9-19-34(30)48-36(38)21-22-43-39/h1-24,40-41,44H,(H,45,46). The number of aliphatic imine (C=N–C) groups is 1. The number of benzene rings is 6. The van der Waals surface area contributed by atoms with Crippen LogP contribution in [0, 0.1) is 0 Å². The lowest BCUT2D eigenvalue weighted by molar-refractivity contribution is 0.409. The van der Waals surface area contributed by atoms with E-state index in [1.807, 2.05) is 60.8 Å². The van der Waals surface area contributed by atoms with Gasteiger partial charge < -0.3 is 14.2 Å². The fourth-order valence-corrected chi connectivity index (χ4v) is 7.22. The number of furan rings is 2. The van der Waals surface area contributed by atoms with Crippen molar-refractivity contribution in [3.8, 4) is 11.3 Å². The monoisotopic (exact) mass is 620 g/mol. The SMILES string of the molecule is c1ccc(C2NC(c3cccc4oc5ccccc5c34)=NC(c3cc(-c4nccc5oc6ccccc6c45)c4ccccc4c3)N2)cc1. The maximum atomic E-state index is 6.27. The Balaban J connectivity index is 1.20. The van der Waals surface area contributed by atoms with Gasteiger partial charge in [0.2, 0.25) is 0 Å². The van der Waals surface area contributed by atoms with Gasteiger partial charge in [0.25, 0.3) is 0 Å². The molecule has 0 saturated carbocycles.